The Morgan fingerprint density at radius 1 is 1.12 bits per heavy atom. The Morgan fingerprint density at radius 3 is 2.50 bits per heavy atom. The molecule has 26 heavy (non-hydrogen) atoms. The zero-order valence-electron chi connectivity index (χ0n) is 15.4. The minimum atomic E-state index is -0.192. The first-order valence-electron chi connectivity index (χ1n) is 8.59. The van der Waals surface area contributed by atoms with E-state index in [1.54, 1.807) is 7.11 Å². The van der Waals surface area contributed by atoms with Gasteiger partial charge < -0.3 is 25.3 Å². The molecule has 0 fully saturated rings. The van der Waals surface area contributed by atoms with Gasteiger partial charge in [0, 0.05) is 11.1 Å². The molecule has 0 aromatic heterocycles. The van der Waals surface area contributed by atoms with Crippen LogP contribution in [0.4, 0.5) is 5.69 Å². The molecule has 0 unspecified atom stereocenters. The SMILES string of the molecule is COc1ccc(NC(N)=NCC(C)(C)c2ccc3c(c2)OCCO3)cc1. The molecule has 0 aliphatic carbocycles. The molecule has 1 aliphatic rings. The average Bonchev–Trinajstić information content (AvgIpc) is 2.67. The number of hydrogen-bond donors (Lipinski definition) is 2. The number of guanidine groups is 1. The highest BCUT2D eigenvalue weighted by Gasteiger charge is 2.23. The third-order valence-corrected chi connectivity index (χ3v) is 4.33. The van der Waals surface area contributed by atoms with Crippen molar-refractivity contribution in [2.45, 2.75) is 19.3 Å². The Bertz CT molecular complexity index is 785. The number of nitrogens with two attached hydrogens (primary N) is 1. The predicted octanol–water partition coefficient (Wildman–Crippen LogP) is 3.17. The van der Waals surface area contributed by atoms with Crippen molar-refractivity contribution >= 4 is 11.6 Å². The van der Waals surface area contributed by atoms with Crippen molar-refractivity contribution in [3.05, 3.63) is 48.0 Å². The van der Waals surface area contributed by atoms with Crippen molar-refractivity contribution in [3.63, 3.8) is 0 Å². The summed E-state index contributed by atoms with van der Waals surface area (Å²) in [5.41, 5.74) is 7.84. The van der Waals surface area contributed by atoms with Crippen LogP contribution in [0, 0.1) is 0 Å². The molecule has 0 spiro atoms. The summed E-state index contributed by atoms with van der Waals surface area (Å²) in [6.45, 7) is 5.97. The Hall–Kier alpha value is -2.89. The molecule has 0 saturated heterocycles. The van der Waals surface area contributed by atoms with Gasteiger partial charge in [-0.15, -0.1) is 0 Å². The van der Waals surface area contributed by atoms with Gasteiger partial charge in [-0.05, 0) is 42.0 Å². The van der Waals surface area contributed by atoms with E-state index in [1.807, 2.05) is 36.4 Å². The molecule has 138 valence electrons. The van der Waals surface area contributed by atoms with E-state index in [2.05, 4.69) is 30.2 Å². The van der Waals surface area contributed by atoms with Crippen molar-refractivity contribution in [1.82, 2.24) is 0 Å². The zero-order valence-corrected chi connectivity index (χ0v) is 15.4. The molecule has 2 aromatic carbocycles. The van der Waals surface area contributed by atoms with E-state index in [0.29, 0.717) is 25.7 Å². The number of nitrogens with one attached hydrogen (secondary N) is 1. The summed E-state index contributed by atoms with van der Waals surface area (Å²) in [7, 11) is 1.64. The van der Waals surface area contributed by atoms with E-state index >= 15 is 0 Å². The number of methoxy groups -OCH3 is 1. The van der Waals surface area contributed by atoms with E-state index in [1.165, 1.54) is 0 Å². The molecule has 2 aromatic rings. The lowest BCUT2D eigenvalue weighted by molar-refractivity contribution is 0.171. The largest absolute Gasteiger partial charge is 0.497 e. The van der Waals surface area contributed by atoms with E-state index in [0.717, 1.165) is 28.5 Å². The van der Waals surface area contributed by atoms with E-state index in [-0.39, 0.29) is 5.41 Å². The molecule has 0 bridgehead atoms. The van der Waals surface area contributed by atoms with Gasteiger partial charge in [-0.2, -0.15) is 0 Å². The maximum absolute atomic E-state index is 6.04. The van der Waals surface area contributed by atoms with Gasteiger partial charge in [-0.25, -0.2) is 0 Å². The smallest absolute Gasteiger partial charge is 0.193 e. The van der Waals surface area contributed by atoms with Gasteiger partial charge >= 0.3 is 0 Å². The van der Waals surface area contributed by atoms with Crippen LogP contribution in [0.1, 0.15) is 19.4 Å². The summed E-state index contributed by atoms with van der Waals surface area (Å²) in [5.74, 6) is 2.75. The average molecular weight is 355 g/mol. The molecule has 1 aliphatic heterocycles. The molecule has 1 heterocycles. The van der Waals surface area contributed by atoms with E-state index < -0.39 is 0 Å². The lowest BCUT2D eigenvalue weighted by Gasteiger charge is -2.26. The van der Waals surface area contributed by atoms with Crippen LogP contribution in [-0.2, 0) is 5.41 Å². The second-order valence-electron chi connectivity index (χ2n) is 6.80. The van der Waals surface area contributed by atoms with Crippen molar-refractivity contribution in [1.29, 1.82) is 0 Å². The zero-order chi connectivity index (χ0) is 18.6. The quantitative estimate of drug-likeness (QED) is 0.636. The summed E-state index contributed by atoms with van der Waals surface area (Å²) >= 11 is 0. The van der Waals surface area contributed by atoms with Crippen molar-refractivity contribution in [3.8, 4) is 17.2 Å². The standard InChI is InChI=1S/C20H25N3O3/c1-20(2,14-4-9-17-18(12-14)26-11-10-25-17)13-22-19(21)23-15-5-7-16(24-3)8-6-15/h4-9,12H,10-11,13H2,1-3H3,(H3,21,22,23). The van der Waals surface area contributed by atoms with Crippen molar-refractivity contribution < 1.29 is 14.2 Å². The maximum Gasteiger partial charge on any atom is 0.193 e. The highest BCUT2D eigenvalue weighted by molar-refractivity contribution is 5.92. The lowest BCUT2D eigenvalue weighted by atomic mass is 9.84. The van der Waals surface area contributed by atoms with Gasteiger partial charge in [0.2, 0.25) is 0 Å². The summed E-state index contributed by atoms with van der Waals surface area (Å²) < 4.78 is 16.4. The number of aliphatic imine (C=N–C) groups is 1. The van der Waals surface area contributed by atoms with Crippen molar-refractivity contribution in [2.24, 2.45) is 10.7 Å². The normalized spacial score (nSPS) is 14.0. The fraction of sp³-hybridized carbons (Fsp3) is 0.350. The predicted molar refractivity (Wildman–Crippen MR) is 104 cm³/mol. The first-order valence-corrected chi connectivity index (χ1v) is 8.59. The van der Waals surface area contributed by atoms with Crippen LogP contribution >= 0.6 is 0 Å². The summed E-state index contributed by atoms with van der Waals surface area (Å²) in [6.07, 6.45) is 0. The number of rotatable bonds is 5. The molecule has 3 rings (SSSR count). The molecule has 3 N–H and O–H groups in total. The molecule has 0 radical (unpaired) electrons. The number of nitrogens with zero attached hydrogens (tertiary/aromatic N) is 1. The Morgan fingerprint density at radius 2 is 1.81 bits per heavy atom. The maximum atomic E-state index is 6.04. The minimum Gasteiger partial charge on any atom is -0.497 e. The van der Waals surface area contributed by atoms with Gasteiger partial charge in [0.25, 0.3) is 0 Å². The Balaban J connectivity index is 1.67. The molecular weight excluding hydrogens is 330 g/mol. The van der Waals surface area contributed by atoms with Gasteiger partial charge in [0.15, 0.2) is 17.5 Å². The molecular formula is C20H25N3O3. The third-order valence-electron chi connectivity index (χ3n) is 4.33. The van der Waals surface area contributed by atoms with Crippen LogP contribution in [0.3, 0.4) is 0 Å². The third kappa shape index (κ3) is 4.20. The molecule has 0 saturated carbocycles. The highest BCUT2D eigenvalue weighted by Crippen LogP contribution is 2.35. The number of anilines is 1. The molecule has 0 atom stereocenters. The van der Waals surface area contributed by atoms with Gasteiger partial charge in [-0.1, -0.05) is 19.9 Å². The molecule has 6 nitrogen and oxygen atoms in total. The number of fused-ring (bicyclic) bond motifs is 1. The van der Waals surface area contributed by atoms with E-state index in [4.69, 9.17) is 19.9 Å². The summed E-state index contributed by atoms with van der Waals surface area (Å²) in [4.78, 5) is 4.50. The fourth-order valence-corrected chi connectivity index (χ4v) is 2.70. The Kier molecular flexibility index (Phi) is 5.21. The fourth-order valence-electron chi connectivity index (χ4n) is 2.70. The van der Waals surface area contributed by atoms with Crippen molar-refractivity contribution in [2.75, 3.05) is 32.2 Å². The van der Waals surface area contributed by atoms with Crippen LogP contribution < -0.4 is 25.3 Å². The van der Waals surface area contributed by atoms with Crippen LogP contribution in [0.2, 0.25) is 0 Å². The second-order valence-corrected chi connectivity index (χ2v) is 6.80. The number of ether oxygens (including phenoxy) is 3. The monoisotopic (exact) mass is 355 g/mol. The van der Waals surface area contributed by atoms with Gasteiger partial charge in [0.05, 0.1) is 13.7 Å². The lowest BCUT2D eigenvalue weighted by Crippen LogP contribution is -2.28. The topological polar surface area (TPSA) is 78.1 Å². The first kappa shape index (κ1) is 17.9. The molecule has 6 heteroatoms. The number of benzene rings is 2. The first-order chi connectivity index (χ1) is 12.5. The summed E-state index contributed by atoms with van der Waals surface area (Å²) in [5, 5.41) is 3.09. The van der Waals surface area contributed by atoms with Crippen LogP contribution in [-0.4, -0.2) is 32.8 Å². The van der Waals surface area contributed by atoms with E-state index in [9.17, 15) is 0 Å². The Labute approximate surface area is 154 Å². The molecule has 0 amide bonds. The summed E-state index contributed by atoms with van der Waals surface area (Å²) in [6, 6.07) is 13.6. The van der Waals surface area contributed by atoms with Crippen LogP contribution in [0.5, 0.6) is 17.2 Å². The minimum absolute atomic E-state index is 0.192. The van der Waals surface area contributed by atoms with Crippen LogP contribution in [0.25, 0.3) is 0 Å². The van der Waals surface area contributed by atoms with Gasteiger partial charge in [0.1, 0.15) is 19.0 Å². The second kappa shape index (κ2) is 7.56. The van der Waals surface area contributed by atoms with Crippen LogP contribution in [0.15, 0.2) is 47.5 Å². The van der Waals surface area contributed by atoms with Gasteiger partial charge in [-0.3, -0.25) is 4.99 Å². The number of hydrogen-bond acceptors (Lipinski definition) is 4. The highest BCUT2D eigenvalue weighted by atomic mass is 16.6.